The van der Waals surface area contributed by atoms with E-state index in [4.69, 9.17) is 18.0 Å². The SMILES string of the molecule is Nc1ccc(-n2cn[nH]c2=S)cc1[N+](=O)[O-]. The lowest BCUT2D eigenvalue weighted by atomic mass is 10.2. The summed E-state index contributed by atoms with van der Waals surface area (Å²) in [5.74, 6) is 0. The number of nitrogen functional groups attached to an aromatic ring is 1. The highest BCUT2D eigenvalue weighted by Gasteiger charge is 2.12. The van der Waals surface area contributed by atoms with Crippen molar-refractivity contribution >= 4 is 23.6 Å². The first kappa shape index (κ1) is 10.3. The Morgan fingerprint density at radius 2 is 2.31 bits per heavy atom. The van der Waals surface area contributed by atoms with Gasteiger partial charge in [-0.25, -0.2) is 0 Å². The Balaban J connectivity index is 2.61. The van der Waals surface area contributed by atoms with Gasteiger partial charge in [-0.2, -0.15) is 5.10 Å². The fourth-order valence-electron chi connectivity index (χ4n) is 1.27. The summed E-state index contributed by atoms with van der Waals surface area (Å²) in [7, 11) is 0. The molecular weight excluding hydrogens is 230 g/mol. The lowest BCUT2D eigenvalue weighted by Crippen LogP contribution is -1.99. The first-order chi connectivity index (χ1) is 7.59. The molecule has 8 heteroatoms. The van der Waals surface area contributed by atoms with Gasteiger partial charge in [0.25, 0.3) is 5.69 Å². The number of nitro groups is 1. The molecule has 0 spiro atoms. The van der Waals surface area contributed by atoms with Crippen molar-refractivity contribution in [2.75, 3.05) is 5.73 Å². The van der Waals surface area contributed by atoms with Gasteiger partial charge < -0.3 is 5.73 Å². The number of aromatic amines is 1. The zero-order valence-corrected chi connectivity index (χ0v) is 8.77. The minimum absolute atomic E-state index is 0.115. The van der Waals surface area contributed by atoms with Gasteiger partial charge >= 0.3 is 0 Å². The summed E-state index contributed by atoms with van der Waals surface area (Å²) in [5, 5.41) is 17.0. The molecule has 1 aromatic carbocycles. The van der Waals surface area contributed by atoms with Crippen LogP contribution in [0.15, 0.2) is 24.5 Å². The summed E-state index contributed by atoms with van der Waals surface area (Å²) in [6.07, 6.45) is 1.44. The van der Waals surface area contributed by atoms with Gasteiger partial charge in [0.1, 0.15) is 12.0 Å². The van der Waals surface area contributed by atoms with Crippen molar-refractivity contribution in [3.05, 3.63) is 39.4 Å². The van der Waals surface area contributed by atoms with Crippen LogP contribution in [0, 0.1) is 14.9 Å². The van der Waals surface area contributed by atoms with E-state index < -0.39 is 4.92 Å². The Labute approximate surface area is 94.7 Å². The number of aromatic nitrogens is 3. The first-order valence-electron chi connectivity index (χ1n) is 4.26. The number of rotatable bonds is 2. The van der Waals surface area contributed by atoms with E-state index in [2.05, 4.69) is 10.2 Å². The minimum Gasteiger partial charge on any atom is -0.393 e. The number of hydrogen-bond donors (Lipinski definition) is 2. The number of nitrogens with zero attached hydrogens (tertiary/aromatic N) is 3. The van der Waals surface area contributed by atoms with Gasteiger partial charge in [-0.15, -0.1) is 0 Å². The number of benzene rings is 1. The molecule has 82 valence electrons. The van der Waals surface area contributed by atoms with E-state index >= 15 is 0 Å². The summed E-state index contributed by atoms with van der Waals surface area (Å²) in [6.45, 7) is 0. The number of nitrogens with two attached hydrogens (primary N) is 1. The van der Waals surface area contributed by atoms with Crippen molar-refractivity contribution in [3.63, 3.8) is 0 Å². The smallest absolute Gasteiger partial charge is 0.294 e. The van der Waals surface area contributed by atoms with Crippen LogP contribution < -0.4 is 5.73 Å². The number of H-pyrrole nitrogens is 1. The molecule has 16 heavy (non-hydrogen) atoms. The van der Waals surface area contributed by atoms with Crippen LogP contribution >= 0.6 is 12.2 Å². The molecule has 0 saturated carbocycles. The fraction of sp³-hybridized carbons (Fsp3) is 0. The number of nitro benzene ring substituents is 1. The van der Waals surface area contributed by atoms with Crippen LogP contribution in [-0.4, -0.2) is 19.7 Å². The average Bonchev–Trinajstić information content (AvgIpc) is 2.65. The van der Waals surface area contributed by atoms with E-state index in [0.717, 1.165) is 0 Å². The molecule has 0 aliphatic heterocycles. The molecule has 0 aliphatic rings. The zero-order chi connectivity index (χ0) is 11.7. The van der Waals surface area contributed by atoms with E-state index in [1.807, 2.05) is 0 Å². The fourth-order valence-corrected chi connectivity index (χ4v) is 1.48. The Morgan fingerprint density at radius 3 is 2.88 bits per heavy atom. The molecule has 3 N–H and O–H groups in total. The van der Waals surface area contributed by atoms with Crippen LogP contribution in [-0.2, 0) is 0 Å². The van der Waals surface area contributed by atoms with E-state index in [-0.39, 0.29) is 11.4 Å². The van der Waals surface area contributed by atoms with Crippen LogP contribution in [0.5, 0.6) is 0 Å². The quantitative estimate of drug-likeness (QED) is 0.356. The summed E-state index contributed by atoms with van der Waals surface area (Å²) in [4.78, 5) is 10.2. The molecule has 0 aliphatic carbocycles. The monoisotopic (exact) mass is 237 g/mol. The Hall–Kier alpha value is -2.22. The summed E-state index contributed by atoms with van der Waals surface area (Å²) >= 11 is 4.95. The van der Waals surface area contributed by atoms with Crippen molar-refractivity contribution in [1.29, 1.82) is 0 Å². The normalized spacial score (nSPS) is 10.2. The molecule has 1 aromatic heterocycles. The van der Waals surface area contributed by atoms with E-state index in [0.29, 0.717) is 10.5 Å². The second kappa shape index (κ2) is 3.74. The molecule has 0 saturated heterocycles. The maximum absolute atomic E-state index is 10.7. The van der Waals surface area contributed by atoms with Gasteiger partial charge in [-0.1, -0.05) is 0 Å². The second-order valence-corrected chi connectivity index (χ2v) is 3.42. The van der Waals surface area contributed by atoms with E-state index in [1.54, 1.807) is 6.07 Å². The average molecular weight is 237 g/mol. The van der Waals surface area contributed by atoms with Gasteiger partial charge in [-0.05, 0) is 24.4 Å². The van der Waals surface area contributed by atoms with Crippen molar-refractivity contribution in [2.45, 2.75) is 0 Å². The highest BCUT2D eigenvalue weighted by molar-refractivity contribution is 7.71. The minimum atomic E-state index is -0.539. The van der Waals surface area contributed by atoms with Crippen molar-refractivity contribution in [1.82, 2.24) is 14.8 Å². The van der Waals surface area contributed by atoms with Gasteiger partial charge in [0, 0.05) is 6.07 Å². The molecular formula is C8H7N5O2S. The maximum atomic E-state index is 10.7. The molecule has 0 bridgehead atoms. The topological polar surface area (TPSA) is 103 Å². The predicted molar refractivity (Wildman–Crippen MR) is 59.8 cm³/mol. The second-order valence-electron chi connectivity index (χ2n) is 3.03. The van der Waals surface area contributed by atoms with Gasteiger partial charge in [-0.3, -0.25) is 19.8 Å². The lowest BCUT2D eigenvalue weighted by molar-refractivity contribution is -0.383. The third kappa shape index (κ3) is 1.65. The molecule has 0 unspecified atom stereocenters. The highest BCUT2D eigenvalue weighted by atomic mass is 32.1. The van der Waals surface area contributed by atoms with Gasteiger partial charge in [0.05, 0.1) is 10.6 Å². The number of nitrogens with one attached hydrogen (secondary N) is 1. The molecule has 0 radical (unpaired) electrons. The van der Waals surface area contributed by atoms with Gasteiger partial charge in [0.2, 0.25) is 0 Å². The largest absolute Gasteiger partial charge is 0.393 e. The highest BCUT2D eigenvalue weighted by Crippen LogP contribution is 2.24. The number of hydrogen-bond acceptors (Lipinski definition) is 5. The molecule has 0 amide bonds. The Kier molecular flexibility index (Phi) is 2.41. The van der Waals surface area contributed by atoms with Crippen LogP contribution in [0.3, 0.4) is 0 Å². The summed E-state index contributed by atoms with van der Waals surface area (Å²) in [6, 6.07) is 4.44. The summed E-state index contributed by atoms with van der Waals surface area (Å²) < 4.78 is 1.88. The van der Waals surface area contributed by atoms with E-state index in [9.17, 15) is 10.1 Å². The summed E-state index contributed by atoms with van der Waals surface area (Å²) in [5.41, 5.74) is 5.99. The van der Waals surface area contributed by atoms with Crippen molar-refractivity contribution in [3.8, 4) is 5.69 Å². The molecule has 7 nitrogen and oxygen atoms in total. The Morgan fingerprint density at radius 1 is 1.56 bits per heavy atom. The first-order valence-corrected chi connectivity index (χ1v) is 4.67. The lowest BCUT2D eigenvalue weighted by Gasteiger charge is -2.02. The van der Waals surface area contributed by atoms with Crippen molar-refractivity contribution < 1.29 is 4.92 Å². The Bertz CT molecular complexity index is 602. The van der Waals surface area contributed by atoms with Crippen LogP contribution in [0.2, 0.25) is 0 Å². The third-order valence-corrected chi connectivity index (χ3v) is 2.33. The standard InChI is InChI=1S/C8H7N5O2S/c9-6-2-1-5(3-7(6)13(14)15)12-4-10-11-8(12)16/h1-4H,9H2,(H,11,16). The van der Waals surface area contributed by atoms with E-state index in [1.165, 1.54) is 23.0 Å². The predicted octanol–water partition coefficient (Wildman–Crippen LogP) is 1.42. The third-order valence-electron chi connectivity index (χ3n) is 2.04. The zero-order valence-electron chi connectivity index (χ0n) is 7.95. The molecule has 1 heterocycles. The van der Waals surface area contributed by atoms with Crippen molar-refractivity contribution in [2.24, 2.45) is 0 Å². The van der Waals surface area contributed by atoms with Crippen LogP contribution in [0.25, 0.3) is 5.69 Å². The van der Waals surface area contributed by atoms with Crippen LogP contribution in [0.4, 0.5) is 11.4 Å². The molecule has 0 fully saturated rings. The van der Waals surface area contributed by atoms with Gasteiger partial charge in [0.15, 0.2) is 4.77 Å². The maximum Gasteiger partial charge on any atom is 0.294 e. The van der Waals surface area contributed by atoms with Crippen LogP contribution in [0.1, 0.15) is 0 Å². The molecule has 2 rings (SSSR count). The molecule has 0 atom stereocenters. The molecule has 2 aromatic rings. The number of anilines is 1.